The first kappa shape index (κ1) is 14.9. The van der Waals surface area contributed by atoms with Crippen LogP contribution in [0.4, 0.5) is 0 Å². The molecule has 0 atom stereocenters. The van der Waals surface area contributed by atoms with Crippen LogP contribution in [0.2, 0.25) is 0 Å². The fraction of sp³-hybridized carbons (Fsp3) is 0.125. The number of amides is 1. The van der Waals surface area contributed by atoms with Gasteiger partial charge in [0.05, 0.1) is 18.8 Å². The zero-order valence-corrected chi connectivity index (χ0v) is 13.1. The van der Waals surface area contributed by atoms with Crippen LogP contribution in [0.1, 0.15) is 21.6 Å². The van der Waals surface area contributed by atoms with Crippen molar-refractivity contribution in [3.63, 3.8) is 0 Å². The van der Waals surface area contributed by atoms with E-state index in [-0.39, 0.29) is 5.91 Å². The molecule has 0 saturated heterocycles. The van der Waals surface area contributed by atoms with Gasteiger partial charge in [-0.15, -0.1) is 5.10 Å². The molecule has 1 amide bonds. The highest BCUT2D eigenvalue weighted by atomic mass is 16.1. The smallest absolute Gasteiger partial charge is 0.251 e. The summed E-state index contributed by atoms with van der Waals surface area (Å²) in [5.41, 5.74) is 3.21. The van der Waals surface area contributed by atoms with Crippen molar-refractivity contribution in [1.82, 2.24) is 40.1 Å². The summed E-state index contributed by atoms with van der Waals surface area (Å²) >= 11 is 0. The van der Waals surface area contributed by atoms with Gasteiger partial charge in [0.2, 0.25) is 0 Å². The number of rotatable bonds is 5. The molecule has 0 radical (unpaired) electrons. The van der Waals surface area contributed by atoms with Crippen molar-refractivity contribution in [3.05, 3.63) is 71.9 Å². The van der Waals surface area contributed by atoms with Crippen LogP contribution in [0.15, 0.2) is 55.1 Å². The van der Waals surface area contributed by atoms with E-state index >= 15 is 0 Å². The van der Waals surface area contributed by atoms with Crippen molar-refractivity contribution in [1.29, 1.82) is 0 Å². The maximum Gasteiger partial charge on any atom is 0.251 e. The normalized spacial score (nSPS) is 10.9. The third-order valence-electron chi connectivity index (χ3n) is 3.76. The van der Waals surface area contributed by atoms with Crippen LogP contribution in [0.5, 0.6) is 0 Å². The van der Waals surface area contributed by atoms with Gasteiger partial charge in [-0.05, 0) is 40.3 Å². The summed E-state index contributed by atoms with van der Waals surface area (Å²) in [6, 6.07) is 13.0. The maximum absolute atomic E-state index is 12.3. The Morgan fingerprint density at radius 3 is 2.80 bits per heavy atom. The lowest BCUT2D eigenvalue weighted by atomic mass is 10.1. The third kappa shape index (κ3) is 3.20. The summed E-state index contributed by atoms with van der Waals surface area (Å²) in [6.45, 7) is 0.926. The van der Waals surface area contributed by atoms with E-state index < -0.39 is 0 Å². The second-order valence-corrected chi connectivity index (χ2v) is 5.43. The van der Waals surface area contributed by atoms with E-state index in [0.717, 1.165) is 16.9 Å². The molecule has 0 fully saturated rings. The Kier molecular flexibility index (Phi) is 3.87. The van der Waals surface area contributed by atoms with E-state index in [2.05, 4.69) is 30.9 Å². The Labute approximate surface area is 142 Å². The lowest BCUT2D eigenvalue weighted by molar-refractivity contribution is 0.0950. The number of aromatic nitrogens is 7. The number of benzene rings is 1. The SMILES string of the molecule is O=C(NCc1cccc2ncnn12)c1ccc(Cn2cnnn2)cc1. The summed E-state index contributed by atoms with van der Waals surface area (Å²) < 4.78 is 3.32. The standard InChI is InChI=1S/C16H14N8O/c25-16(17-8-14-2-1-3-15-18-10-20-24(14)15)13-6-4-12(5-7-13)9-23-11-19-21-22-23/h1-7,10-11H,8-9H2,(H,17,25). The van der Waals surface area contributed by atoms with Gasteiger partial charge in [-0.1, -0.05) is 18.2 Å². The number of nitrogens with zero attached hydrogens (tertiary/aromatic N) is 7. The van der Waals surface area contributed by atoms with Gasteiger partial charge < -0.3 is 5.32 Å². The molecule has 1 aromatic carbocycles. The molecule has 9 nitrogen and oxygen atoms in total. The van der Waals surface area contributed by atoms with Gasteiger partial charge in [-0.2, -0.15) is 5.10 Å². The Balaban J connectivity index is 1.41. The molecule has 0 bridgehead atoms. The molecule has 0 aliphatic carbocycles. The Bertz CT molecular complexity index is 991. The Morgan fingerprint density at radius 2 is 2.00 bits per heavy atom. The average Bonchev–Trinajstić information content (AvgIpc) is 3.32. The van der Waals surface area contributed by atoms with E-state index in [1.807, 2.05) is 30.3 Å². The van der Waals surface area contributed by atoms with E-state index in [4.69, 9.17) is 0 Å². The summed E-state index contributed by atoms with van der Waals surface area (Å²) in [5.74, 6) is -0.147. The number of nitrogens with one attached hydrogen (secondary N) is 1. The van der Waals surface area contributed by atoms with E-state index in [1.165, 1.54) is 6.33 Å². The van der Waals surface area contributed by atoms with Crippen molar-refractivity contribution in [2.45, 2.75) is 13.1 Å². The zero-order valence-electron chi connectivity index (χ0n) is 13.1. The number of hydrogen-bond acceptors (Lipinski definition) is 6. The minimum Gasteiger partial charge on any atom is -0.346 e. The molecule has 0 saturated carbocycles. The van der Waals surface area contributed by atoms with Crippen molar-refractivity contribution in [3.8, 4) is 0 Å². The van der Waals surface area contributed by atoms with Gasteiger partial charge in [-0.3, -0.25) is 4.79 Å². The molecule has 25 heavy (non-hydrogen) atoms. The number of tetrazole rings is 1. The number of fused-ring (bicyclic) bond motifs is 1. The quantitative estimate of drug-likeness (QED) is 0.576. The van der Waals surface area contributed by atoms with Crippen LogP contribution in [0.3, 0.4) is 0 Å². The predicted octanol–water partition coefficient (Wildman–Crippen LogP) is 0.694. The van der Waals surface area contributed by atoms with E-state index in [0.29, 0.717) is 18.7 Å². The van der Waals surface area contributed by atoms with Crippen molar-refractivity contribution >= 4 is 11.6 Å². The fourth-order valence-corrected chi connectivity index (χ4v) is 2.51. The van der Waals surface area contributed by atoms with Crippen molar-refractivity contribution in [2.75, 3.05) is 0 Å². The topological polar surface area (TPSA) is 103 Å². The lowest BCUT2D eigenvalue weighted by Crippen LogP contribution is -2.24. The molecule has 4 rings (SSSR count). The summed E-state index contributed by atoms with van der Waals surface area (Å²) in [6.07, 6.45) is 3.04. The summed E-state index contributed by atoms with van der Waals surface area (Å²) in [7, 11) is 0. The predicted molar refractivity (Wildman–Crippen MR) is 87.5 cm³/mol. The highest BCUT2D eigenvalue weighted by Gasteiger charge is 2.08. The second kappa shape index (κ2) is 6.48. The monoisotopic (exact) mass is 334 g/mol. The summed E-state index contributed by atoms with van der Waals surface area (Å²) in [5, 5.41) is 18.0. The van der Waals surface area contributed by atoms with Crippen LogP contribution in [-0.4, -0.2) is 40.7 Å². The largest absolute Gasteiger partial charge is 0.346 e. The number of carbonyl (C=O) groups is 1. The molecule has 0 aliphatic heterocycles. The van der Waals surface area contributed by atoms with Crippen LogP contribution in [0.25, 0.3) is 5.65 Å². The van der Waals surface area contributed by atoms with Crippen LogP contribution >= 0.6 is 0 Å². The first-order valence-electron chi connectivity index (χ1n) is 7.65. The molecular formula is C16H14N8O. The third-order valence-corrected chi connectivity index (χ3v) is 3.76. The maximum atomic E-state index is 12.3. The molecule has 124 valence electrons. The number of pyridine rings is 1. The molecule has 1 N–H and O–H groups in total. The zero-order chi connectivity index (χ0) is 17.1. The first-order valence-corrected chi connectivity index (χ1v) is 7.65. The van der Waals surface area contributed by atoms with Gasteiger partial charge >= 0.3 is 0 Å². The highest BCUT2D eigenvalue weighted by Crippen LogP contribution is 2.07. The van der Waals surface area contributed by atoms with Crippen molar-refractivity contribution < 1.29 is 4.79 Å². The first-order chi connectivity index (χ1) is 12.3. The van der Waals surface area contributed by atoms with Crippen LogP contribution in [-0.2, 0) is 13.1 Å². The van der Waals surface area contributed by atoms with Crippen LogP contribution in [0, 0.1) is 0 Å². The summed E-state index contributed by atoms with van der Waals surface area (Å²) in [4.78, 5) is 16.5. The Hall–Kier alpha value is -3.62. The Morgan fingerprint density at radius 1 is 1.12 bits per heavy atom. The molecule has 3 aromatic heterocycles. The molecule has 0 spiro atoms. The minimum atomic E-state index is -0.147. The molecule has 0 unspecified atom stereocenters. The molecule has 9 heteroatoms. The molecule has 3 heterocycles. The van der Waals surface area contributed by atoms with Crippen molar-refractivity contribution in [2.24, 2.45) is 0 Å². The minimum absolute atomic E-state index is 0.147. The highest BCUT2D eigenvalue weighted by molar-refractivity contribution is 5.94. The van der Waals surface area contributed by atoms with Gasteiger partial charge in [0.15, 0.2) is 5.65 Å². The average molecular weight is 334 g/mol. The fourth-order valence-electron chi connectivity index (χ4n) is 2.51. The van der Waals surface area contributed by atoms with Gasteiger partial charge in [0.25, 0.3) is 5.91 Å². The lowest BCUT2D eigenvalue weighted by Gasteiger charge is -2.07. The van der Waals surface area contributed by atoms with Gasteiger partial charge in [0, 0.05) is 5.56 Å². The number of hydrogen-bond donors (Lipinski definition) is 1. The van der Waals surface area contributed by atoms with Gasteiger partial charge in [-0.25, -0.2) is 14.2 Å². The molecular weight excluding hydrogens is 320 g/mol. The van der Waals surface area contributed by atoms with E-state index in [9.17, 15) is 4.79 Å². The molecule has 4 aromatic rings. The molecule has 0 aliphatic rings. The van der Waals surface area contributed by atoms with E-state index in [1.54, 1.807) is 27.7 Å². The van der Waals surface area contributed by atoms with Crippen LogP contribution < -0.4 is 5.32 Å². The second-order valence-electron chi connectivity index (χ2n) is 5.43. The number of carbonyl (C=O) groups excluding carboxylic acids is 1. The van der Waals surface area contributed by atoms with Gasteiger partial charge in [0.1, 0.15) is 12.7 Å².